The average Bonchev–Trinajstić information content (AvgIpc) is 2.24. The molecule has 2 aromatic rings. The second-order valence-corrected chi connectivity index (χ2v) is 3.82. The molecule has 0 aliphatic carbocycles. The molecule has 0 saturated carbocycles. The van der Waals surface area contributed by atoms with Crippen molar-refractivity contribution in [3.63, 3.8) is 0 Å². The van der Waals surface area contributed by atoms with Gasteiger partial charge in [0.1, 0.15) is 5.75 Å². The number of ether oxygens (including phenoxy) is 1. The van der Waals surface area contributed by atoms with Gasteiger partial charge in [0.2, 0.25) is 0 Å². The molecule has 0 aliphatic heterocycles. The number of hydrogen-bond donors (Lipinski definition) is 0. The first kappa shape index (κ1) is 10.0. The van der Waals surface area contributed by atoms with Crippen LogP contribution in [0.4, 0.5) is 0 Å². The summed E-state index contributed by atoms with van der Waals surface area (Å²) in [7, 11) is 0. The van der Waals surface area contributed by atoms with Crippen molar-refractivity contribution < 1.29 is 4.74 Å². The van der Waals surface area contributed by atoms with Crippen LogP contribution >= 0.6 is 0 Å². The van der Waals surface area contributed by atoms with Crippen LogP contribution in [0, 0.1) is 13.8 Å². The highest BCUT2D eigenvalue weighted by molar-refractivity contribution is 5.92. The molecule has 15 heavy (non-hydrogen) atoms. The van der Waals surface area contributed by atoms with Crippen LogP contribution in [0.3, 0.4) is 0 Å². The van der Waals surface area contributed by atoms with Gasteiger partial charge in [0, 0.05) is 5.39 Å². The smallest absolute Gasteiger partial charge is 0.130 e. The first-order valence-corrected chi connectivity index (χ1v) is 5.35. The molecule has 0 heterocycles. The Balaban J connectivity index is 2.77. The predicted molar refractivity (Wildman–Crippen MR) is 64.6 cm³/mol. The molecule has 0 amide bonds. The van der Waals surface area contributed by atoms with E-state index in [0.29, 0.717) is 6.61 Å². The van der Waals surface area contributed by atoms with E-state index in [4.69, 9.17) is 4.74 Å². The molecule has 1 heteroatoms. The van der Waals surface area contributed by atoms with E-state index < -0.39 is 0 Å². The summed E-state index contributed by atoms with van der Waals surface area (Å²) in [6, 6.07) is 10.6. The van der Waals surface area contributed by atoms with E-state index in [1.54, 1.807) is 0 Å². The van der Waals surface area contributed by atoms with Gasteiger partial charge in [-0.15, -0.1) is 0 Å². The molecule has 0 unspecified atom stereocenters. The van der Waals surface area contributed by atoms with Gasteiger partial charge in [-0.3, -0.25) is 0 Å². The molecular weight excluding hydrogens is 184 g/mol. The van der Waals surface area contributed by atoms with Crippen LogP contribution in [0.5, 0.6) is 5.75 Å². The third kappa shape index (κ3) is 1.70. The van der Waals surface area contributed by atoms with Crippen molar-refractivity contribution in [3.05, 3.63) is 41.5 Å². The lowest BCUT2D eigenvalue weighted by Gasteiger charge is -2.12. The highest BCUT2D eigenvalue weighted by Gasteiger charge is 2.07. The van der Waals surface area contributed by atoms with Gasteiger partial charge < -0.3 is 4.74 Å². The van der Waals surface area contributed by atoms with Gasteiger partial charge >= 0.3 is 0 Å². The second kappa shape index (κ2) is 3.93. The van der Waals surface area contributed by atoms with Gasteiger partial charge in [-0.25, -0.2) is 0 Å². The van der Waals surface area contributed by atoms with Crippen molar-refractivity contribution in [3.8, 4) is 5.75 Å². The fourth-order valence-electron chi connectivity index (χ4n) is 2.04. The SMILES string of the molecule is CCOc1c(C)cc(C)c2ccccc12. The Morgan fingerprint density at radius 3 is 2.33 bits per heavy atom. The summed E-state index contributed by atoms with van der Waals surface area (Å²) >= 11 is 0. The highest BCUT2D eigenvalue weighted by Crippen LogP contribution is 2.31. The third-order valence-electron chi connectivity index (χ3n) is 2.68. The zero-order valence-corrected chi connectivity index (χ0v) is 9.50. The molecular formula is C14H16O. The third-order valence-corrected chi connectivity index (χ3v) is 2.68. The highest BCUT2D eigenvalue weighted by atomic mass is 16.5. The van der Waals surface area contributed by atoms with E-state index in [9.17, 15) is 0 Å². The Morgan fingerprint density at radius 2 is 1.67 bits per heavy atom. The molecule has 0 fully saturated rings. The summed E-state index contributed by atoms with van der Waals surface area (Å²) in [6.07, 6.45) is 0. The van der Waals surface area contributed by atoms with Crippen molar-refractivity contribution >= 4 is 10.8 Å². The van der Waals surface area contributed by atoms with Crippen LogP contribution in [0.25, 0.3) is 10.8 Å². The summed E-state index contributed by atoms with van der Waals surface area (Å²) in [4.78, 5) is 0. The van der Waals surface area contributed by atoms with Crippen LogP contribution < -0.4 is 4.74 Å². The van der Waals surface area contributed by atoms with Gasteiger partial charge in [0.05, 0.1) is 6.61 Å². The molecule has 0 spiro atoms. The summed E-state index contributed by atoms with van der Waals surface area (Å²) in [5.74, 6) is 1.03. The summed E-state index contributed by atoms with van der Waals surface area (Å²) < 4.78 is 5.70. The molecule has 2 aromatic carbocycles. The minimum absolute atomic E-state index is 0.716. The van der Waals surface area contributed by atoms with Crippen molar-refractivity contribution in [2.24, 2.45) is 0 Å². The molecule has 0 atom stereocenters. The van der Waals surface area contributed by atoms with Crippen LogP contribution in [0.2, 0.25) is 0 Å². The average molecular weight is 200 g/mol. The minimum atomic E-state index is 0.716. The Hall–Kier alpha value is -1.50. The van der Waals surface area contributed by atoms with Gasteiger partial charge in [-0.05, 0) is 37.3 Å². The Morgan fingerprint density at radius 1 is 1.00 bits per heavy atom. The van der Waals surface area contributed by atoms with E-state index >= 15 is 0 Å². The van der Waals surface area contributed by atoms with Gasteiger partial charge in [-0.2, -0.15) is 0 Å². The standard InChI is InChI=1S/C14H16O/c1-4-15-14-11(3)9-10(2)12-7-5-6-8-13(12)14/h5-9H,4H2,1-3H3. The minimum Gasteiger partial charge on any atom is -0.493 e. The Bertz CT molecular complexity index is 486. The van der Waals surface area contributed by atoms with Crippen LogP contribution in [-0.2, 0) is 0 Å². The van der Waals surface area contributed by atoms with Crippen LogP contribution in [0.1, 0.15) is 18.1 Å². The molecule has 0 bridgehead atoms. The molecule has 2 rings (SSSR count). The Kier molecular flexibility index (Phi) is 2.63. The van der Waals surface area contributed by atoms with Gasteiger partial charge in [-0.1, -0.05) is 30.3 Å². The van der Waals surface area contributed by atoms with E-state index in [-0.39, 0.29) is 0 Å². The quantitative estimate of drug-likeness (QED) is 0.715. The topological polar surface area (TPSA) is 9.23 Å². The van der Waals surface area contributed by atoms with E-state index in [0.717, 1.165) is 5.75 Å². The first-order valence-electron chi connectivity index (χ1n) is 5.35. The molecule has 0 aliphatic rings. The maximum Gasteiger partial charge on any atom is 0.130 e. The lowest BCUT2D eigenvalue weighted by Crippen LogP contribution is -1.96. The van der Waals surface area contributed by atoms with Gasteiger partial charge in [0.15, 0.2) is 0 Å². The summed E-state index contributed by atoms with van der Waals surface area (Å²) in [5.41, 5.74) is 2.53. The molecule has 0 saturated heterocycles. The fraction of sp³-hybridized carbons (Fsp3) is 0.286. The summed E-state index contributed by atoms with van der Waals surface area (Å²) in [6.45, 7) is 6.98. The monoisotopic (exact) mass is 200 g/mol. The zero-order chi connectivity index (χ0) is 10.8. The van der Waals surface area contributed by atoms with Gasteiger partial charge in [0.25, 0.3) is 0 Å². The summed E-state index contributed by atoms with van der Waals surface area (Å²) in [5, 5.41) is 2.50. The van der Waals surface area contributed by atoms with Crippen LogP contribution in [0.15, 0.2) is 30.3 Å². The number of rotatable bonds is 2. The van der Waals surface area contributed by atoms with E-state index in [1.807, 2.05) is 6.92 Å². The predicted octanol–water partition coefficient (Wildman–Crippen LogP) is 3.86. The number of hydrogen-bond acceptors (Lipinski definition) is 1. The number of aryl methyl sites for hydroxylation is 2. The molecule has 78 valence electrons. The molecule has 1 nitrogen and oxygen atoms in total. The van der Waals surface area contributed by atoms with Crippen LogP contribution in [-0.4, -0.2) is 6.61 Å². The molecule has 0 N–H and O–H groups in total. The van der Waals surface area contributed by atoms with Crippen molar-refractivity contribution in [2.45, 2.75) is 20.8 Å². The lowest BCUT2D eigenvalue weighted by molar-refractivity contribution is 0.342. The maximum absolute atomic E-state index is 5.70. The zero-order valence-electron chi connectivity index (χ0n) is 9.50. The lowest BCUT2D eigenvalue weighted by atomic mass is 10.0. The van der Waals surface area contributed by atoms with Crippen molar-refractivity contribution in [2.75, 3.05) is 6.61 Å². The normalized spacial score (nSPS) is 10.6. The fourth-order valence-corrected chi connectivity index (χ4v) is 2.04. The molecule has 0 radical (unpaired) electrons. The first-order chi connectivity index (χ1) is 7.24. The van der Waals surface area contributed by atoms with Crippen molar-refractivity contribution in [1.29, 1.82) is 0 Å². The molecule has 0 aromatic heterocycles. The van der Waals surface area contributed by atoms with E-state index in [2.05, 4.69) is 44.2 Å². The largest absolute Gasteiger partial charge is 0.493 e. The number of fused-ring (bicyclic) bond motifs is 1. The maximum atomic E-state index is 5.70. The van der Waals surface area contributed by atoms with Crippen molar-refractivity contribution in [1.82, 2.24) is 0 Å². The Labute approximate surface area is 90.7 Å². The second-order valence-electron chi connectivity index (χ2n) is 3.82. The number of benzene rings is 2. The van der Waals surface area contributed by atoms with E-state index in [1.165, 1.54) is 21.9 Å².